The molecule has 0 radical (unpaired) electrons. The average molecular weight is 210 g/mol. The second kappa shape index (κ2) is 4.21. The number of amides is 2. The number of fused-ring (bicyclic) bond motifs is 1. The summed E-state index contributed by atoms with van der Waals surface area (Å²) in [6.45, 7) is 3.91. The predicted molar refractivity (Wildman–Crippen MR) is 56.2 cm³/mol. The molecule has 0 aromatic rings. The molecule has 2 heterocycles. The van der Waals surface area contributed by atoms with Gasteiger partial charge in [0.15, 0.2) is 0 Å². The van der Waals surface area contributed by atoms with Crippen molar-refractivity contribution in [3.63, 3.8) is 0 Å². The molecule has 0 spiro atoms. The summed E-state index contributed by atoms with van der Waals surface area (Å²) in [6, 6.07) is 0.389. The highest BCUT2D eigenvalue weighted by Gasteiger charge is 2.31. The summed E-state index contributed by atoms with van der Waals surface area (Å²) in [4.78, 5) is 26.9. The van der Waals surface area contributed by atoms with Crippen LogP contribution in [0.4, 0.5) is 0 Å². The molecule has 0 unspecified atom stereocenters. The van der Waals surface area contributed by atoms with E-state index in [1.165, 1.54) is 0 Å². The van der Waals surface area contributed by atoms with E-state index in [2.05, 4.69) is 0 Å². The lowest BCUT2D eigenvalue weighted by Gasteiger charge is -2.31. The lowest BCUT2D eigenvalue weighted by molar-refractivity contribution is -0.136. The quantitative estimate of drug-likeness (QED) is 0.588. The molecule has 1 atom stereocenters. The van der Waals surface area contributed by atoms with E-state index in [0.29, 0.717) is 19.0 Å². The summed E-state index contributed by atoms with van der Waals surface area (Å²) >= 11 is 0. The van der Waals surface area contributed by atoms with Gasteiger partial charge in [0.1, 0.15) is 0 Å². The molecule has 4 heteroatoms. The van der Waals surface area contributed by atoms with Crippen LogP contribution in [0.1, 0.15) is 32.6 Å². The summed E-state index contributed by atoms with van der Waals surface area (Å²) in [5.41, 5.74) is 0. The van der Waals surface area contributed by atoms with Crippen LogP contribution >= 0.6 is 0 Å². The molecule has 0 saturated carbocycles. The van der Waals surface area contributed by atoms with Gasteiger partial charge in [-0.05, 0) is 19.3 Å². The smallest absolute Gasteiger partial charge is 0.224 e. The highest BCUT2D eigenvalue weighted by molar-refractivity contribution is 5.79. The molecular weight excluding hydrogens is 192 g/mol. The third-order valence-electron chi connectivity index (χ3n) is 3.47. The molecule has 0 aromatic carbocycles. The van der Waals surface area contributed by atoms with Gasteiger partial charge in [-0.3, -0.25) is 9.59 Å². The van der Waals surface area contributed by atoms with Crippen molar-refractivity contribution in [1.29, 1.82) is 0 Å². The molecule has 0 aromatic heterocycles. The Morgan fingerprint density at radius 3 is 2.80 bits per heavy atom. The zero-order valence-corrected chi connectivity index (χ0v) is 9.24. The van der Waals surface area contributed by atoms with Crippen LogP contribution in [0.15, 0.2) is 0 Å². The topological polar surface area (TPSA) is 40.6 Å². The highest BCUT2D eigenvalue weighted by Crippen LogP contribution is 2.23. The van der Waals surface area contributed by atoms with Gasteiger partial charge >= 0.3 is 0 Å². The standard InChI is InChI=1S/C11H18N2O2/c1-9(14)12-7-4-10-3-2-6-13(10)11(15)5-8-12/h10H,2-8H2,1H3/t10-/m1/s1. The Kier molecular flexibility index (Phi) is 2.93. The fourth-order valence-corrected chi connectivity index (χ4v) is 2.57. The molecule has 2 saturated heterocycles. The molecule has 0 bridgehead atoms. The minimum atomic E-state index is 0.0919. The predicted octanol–water partition coefficient (Wildman–Crippen LogP) is 0.620. The number of carbonyl (C=O) groups is 2. The van der Waals surface area contributed by atoms with E-state index in [1.54, 1.807) is 11.8 Å². The lowest BCUT2D eigenvalue weighted by atomic mass is 10.1. The third-order valence-corrected chi connectivity index (χ3v) is 3.47. The summed E-state index contributed by atoms with van der Waals surface area (Å²) in [6.07, 6.45) is 3.68. The van der Waals surface area contributed by atoms with Crippen LogP contribution in [0, 0.1) is 0 Å². The van der Waals surface area contributed by atoms with Gasteiger partial charge in [-0.25, -0.2) is 0 Å². The van der Waals surface area contributed by atoms with Gasteiger partial charge in [0, 0.05) is 39.0 Å². The minimum absolute atomic E-state index is 0.0919. The molecule has 2 fully saturated rings. The fourth-order valence-electron chi connectivity index (χ4n) is 2.57. The molecule has 2 aliphatic rings. The maximum Gasteiger partial charge on any atom is 0.224 e. The van der Waals surface area contributed by atoms with Crippen LogP contribution in [0.5, 0.6) is 0 Å². The summed E-state index contributed by atoms with van der Waals surface area (Å²) in [5.74, 6) is 0.317. The first-order chi connectivity index (χ1) is 7.18. The molecular formula is C11H18N2O2. The Morgan fingerprint density at radius 1 is 1.27 bits per heavy atom. The van der Waals surface area contributed by atoms with Crippen LogP contribution in [-0.2, 0) is 9.59 Å². The maximum atomic E-state index is 11.8. The van der Waals surface area contributed by atoms with Gasteiger partial charge in [0.05, 0.1) is 0 Å². The van der Waals surface area contributed by atoms with Crippen molar-refractivity contribution in [2.45, 2.75) is 38.6 Å². The Labute approximate surface area is 90.2 Å². The molecule has 84 valence electrons. The van der Waals surface area contributed by atoms with Gasteiger partial charge in [-0.15, -0.1) is 0 Å². The molecule has 2 aliphatic heterocycles. The first-order valence-corrected chi connectivity index (χ1v) is 5.73. The van der Waals surface area contributed by atoms with Crippen LogP contribution in [0.3, 0.4) is 0 Å². The second-order valence-electron chi connectivity index (χ2n) is 4.43. The molecule has 2 amide bonds. The van der Waals surface area contributed by atoms with E-state index in [-0.39, 0.29) is 11.8 Å². The SMILES string of the molecule is CC(=O)N1CCC(=O)N2CCC[C@@H]2CC1. The van der Waals surface area contributed by atoms with Crippen molar-refractivity contribution in [2.75, 3.05) is 19.6 Å². The van der Waals surface area contributed by atoms with Crippen LogP contribution < -0.4 is 0 Å². The fraction of sp³-hybridized carbons (Fsp3) is 0.818. The van der Waals surface area contributed by atoms with Crippen molar-refractivity contribution >= 4 is 11.8 Å². The molecule has 0 aliphatic carbocycles. The Hall–Kier alpha value is -1.06. The van der Waals surface area contributed by atoms with E-state index in [1.807, 2.05) is 4.90 Å². The van der Waals surface area contributed by atoms with Gasteiger partial charge < -0.3 is 9.80 Å². The van der Waals surface area contributed by atoms with E-state index in [0.717, 1.165) is 32.4 Å². The van der Waals surface area contributed by atoms with Crippen LogP contribution in [0.2, 0.25) is 0 Å². The Balaban J connectivity index is 2.03. The first-order valence-electron chi connectivity index (χ1n) is 5.73. The molecule has 0 N–H and O–H groups in total. The zero-order valence-electron chi connectivity index (χ0n) is 9.24. The number of carbonyl (C=O) groups excluding carboxylic acids is 2. The molecule has 2 rings (SSSR count). The molecule has 15 heavy (non-hydrogen) atoms. The lowest BCUT2D eigenvalue weighted by Crippen LogP contribution is -2.44. The third kappa shape index (κ3) is 2.13. The Morgan fingerprint density at radius 2 is 2.07 bits per heavy atom. The summed E-state index contributed by atoms with van der Waals surface area (Å²) < 4.78 is 0. The second-order valence-corrected chi connectivity index (χ2v) is 4.43. The average Bonchev–Trinajstić information content (AvgIpc) is 2.61. The largest absolute Gasteiger partial charge is 0.342 e. The van der Waals surface area contributed by atoms with Crippen molar-refractivity contribution < 1.29 is 9.59 Å². The minimum Gasteiger partial charge on any atom is -0.342 e. The van der Waals surface area contributed by atoms with Crippen molar-refractivity contribution in [3.05, 3.63) is 0 Å². The normalized spacial score (nSPS) is 27.3. The van der Waals surface area contributed by atoms with Gasteiger partial charge in [-0.1, -0.05) is 0 Å². The zero-order chi connectivity index (χ0) is 10.8. The first kappa shape index (κ1) is 10.5. The number of rotatable bonds is 0. The van der Waals surface area contributed by atoms with Gasteiger partial charge in [-0.2, -0.15) is 0 Å². The number of nitrogens with zero attached hydrogens (tertiary/aromatic N) is 2. The van der Waals surface area contributed by atoms with E-state index >= 15 is 0 Å². The van der Waals surface area contributed by atoms with Crippen LogP contribution in [-0.4, -0.2) is 47.3 Å². The van der Waals surface area contributed by atoms with Gasteiger partial charge in [0.2, 0.25) is 11.8 Å². The highest BCUT2D eigenvalue weighted by atomic mass is 16.2. The van der Waals surface area contributed by atoms with Crippen molar-refractivity contribution in [1.82, 2.24) is 9.80 Å². The van der Waals surface area contributed by atoms with E-state index < -0.39 is 0 Å². The summed E-state index contributed by atoms with van der Waals surface area (Å²) in [5, 5.41) is 0. The molecule has 4 nitrogen and oxygen atoms in total. The number of hydrogen-bond acceptors (Lipinski definition) is 2. The van der Waals surface area contributed by atoms with E-state index in [9.17, 15) is 9.59 Å². The van der Waals surface area contributed by atoms with Crippen LogP contribution in [0.25, 0.3) is 0 Å². The van der Waals surface area contributed by atoms with Crippen molar-refractivity contribution in [3.8, 4) is 0 Å². The van der Waals surface area contributed by atoms with E-state index in [4.69, 9.17) is 0 Å². The van der Waals surface area contributed by atoms with Crippen molar-refractivity contribution in [2.24, 2.45) is 0 Å². The Bertz CT molecular complexity index is 278. The summed E-state index contributed by atoms with van der Waals surface area (Å²) in [7, 11) is 0. The monoisotopic (exact) mass is 210 g/mol. The number of hydrogen-bond donors (Lipinski definition) is 0. The maximum absolute atomic E-state index is 11.8. The van der Waals surface area contributed by atoms with Gasteiger partial charge in [0.25, 0.3) is 0 Å².